The van der Waals surface area contributed by atoms with Crippen LogP contribution in [0.4, 0.5) is 17.6 Å². The number of anilines is 3. The number of H-pyrrole nitrogens is 1. The first kappa shape index (κ1) is 25.3. The van der Waals surface area contributed by atoms with Gasteiger partial charge in [0.2, 0.25) is 5.82 Å². The predicted molar refractivity (Wildman–Crippen MR) is 154 cm³/mol. The highest BCUT2D eigenvalue weighted by Crippen LogP contribution is 2.29. The number of nitrogens with two attached hydrogens (primary N) is 1. The molecule has 0 bridgehead atoms. The van der Waals surface area contributed by atoms with Crippen molar-refractivity contribution in [3.63, 3.8) is 0 Å². The number of fused-ring (bicyclic) bond motifs is 1. The van der Waals surface area contributed by atoms with Crippen LogP contribution >= 0.6 is 0 Å². The minimum atomic E-state index is 0.574. The molecule has 0 aliphatic carbocycles. The first-order valence-electron chi connectivity index (χ1n) is 13.9. The van der Waals surface area contributed by atoms with Crippen LogP contribution < -0.4 is 25.3 Å². The van der Waals surface area contributed by atoms with E-state index in [1.807, 2.05) is 36.5 Å². The number of aromatic amines is 1. The van der Waals surface area contributed by atoms with E-state index in [1.165, 1.54) is 18.4 Å². The molecule has 0 atom stereocenters. The average Bonchev–Trinajstić information content (AvgIpc) is 2.98. The molecule has 4 aromatic rings. The zero-order chi connectivity index (χ0) is 26.6. The first-order chi connectivity index (χ1) is 19.1. The van der Waals surface area contributed by atoms with Gasteiger partial charge in [-0.05, 0) is 62.7 Å². The van der Waals surface area contributed by atoms with Gasteiger partial charge in [0.05, 0.1) is 44.5 Å². The summed E-state index contributed by atoms with van der Waals surface area (Å²) in [6, 6.07) is 16.5. The Hall–Kier alpha value is -3.98. The summed E-state index contributed by atoms with van der Waals surface area (Å²) < 4.78 is 6.24. The van der Waals surface area contributed by atoms with Gasteiger partial charge in [-0.1, -0.05) is 35.3 Å². The van der Waals surface area contributed by atoms with Gasteiger partial charge in [0, 0.05) is 17.4 Å². The second-order valence-corrected chi connectivity index (χ2v) is 10.7. The number of benzene rings is 2. The van der Waals surface area contributed by atoms with E-state index in [4.69, 9.17) is 15.5 Å². The number of rotatable bonds is 7. The maximum Gasteiger partial charge on any atom is 0.393 e. The molecule has 2 aromatic carbocycles. The standard InChI is InChI=1S/C30H36N8O/c1-36-11-9-23(10-12-36)20-39-25-7-8-27-26(18-25)29(34-21-33-27)37-13-15-38(16-14-37)30-32-19-24(28(31)35-30)17-22-5-3-2-4-6-22/h2-8,18-19,21,23H,9-17,20H2,1H3,(H2,31,32,35)/p+1. The fourth-order valence-electron chi connectivity index (χ4n) is 5.50. The lowest BCUT2D eigenvalue weighted by Gasteiger charge is -2.32. The largest absolute Gasteiger partial charge is 0.493 e. The van der Waals surface area contributed by atoms with E-state index >= 15 is 0 Å². The van der Waals surface area contributed by atoms with E-state index in [0.29, 0.717) is 11.7 Å². The summed E-state index contributed by atoms with van der Waals surface area (Å²) >= 11 is 0. The van der Waals surface area contributed by atoms with Crippen LogP contribution in [0, 0.1) is 5.92 Å². The molecule has 2 aromatic heterocycles. The van der Waals surface area contributed by atoms with Crippen LogP contribution in [0.5, 0.6) is 5.75 Å². The van der Waals surface area contributed by atoms with Crippen molar-refractivity contribution in [1.82, 2.24) is 19.9 Å². The molecule has 0 radical (unpaired) electrons. The van der Waals surface area contributed by atoms with E-state index in [-0.39, 0.29) is 0 Å². The number of likely N-dealkylation sites (tertiary alicyclic amines) is 1. The van der Waals surface area contributed by atoms with Crippen LogP contribution in [0.2, 0.25) is 0 Å². The zero-order valence-corrected chi connectivity index (χ0v) is 22.6. The van der Waals surface area contributed by atoms with Gasteiger partial charge in [0.15, 0.2) is 0 Å². The summed E-state index contributed by atoms with van der Waals surface area (Å²) in [5.74, 6) is 3.84. The molecule has 0 amide bonds. The molecule has 9 heteroatoms. The molecule has 2 saturated heterocycles. The highest BCUT2D eigenvalue weighted by molar-refractivity contribution is 5.90. The minimum Gasteiger partial charge on any atom is -0.493 e. The van der Waals surface area contributed by atoms with Gasteiger partial charge in [-0.2, -0.15) is 0 Å². The highest BCUT2D eigenvalue weighted by atomic mass is 16.5. The molecule has 0 unspecified atom stereocenters. The molecule has 2 fully saturated rings. The number of piperazine rings is 1. The van der Waals surface area contributed by atoms with Gasteiger partial charge in [-0.25, -0.2) is 15.0 Å². The Balaban J connectivity index is 1.11. The van der Waals surface area contributed by atoms with Gasteiger partial charge in [0.1, 0.15) is 17.9 Å². The molecule has 202 valence electrons. The number of nitrogens with one attached hydrogen (secondary N) is 1. The molecule has 0 saturated carbocycles. The Morgan fingerprint density at radius 2 is 1.72 bits per heavy atom. The van der Waals surface area contributed by atoms with Gasteiger partial charge in [0.25, 0.3) is 0 Å². The lowest BCUT2D eigenvalue weighted by atomic mass is 9.98. The van der Waals surface area contributed by atoms with Crippen molar-refractivity contribution in [3.8, 4) is 5.75 Å². The van der Waals surface area contributed by atoms with Gasteiger partial charge in [-0.3, -0.25) is 4.90 Å². The van der Waals surface area contributed by atoms with Crippen LogP contribution in [0.25, 0.3) is 10.9 Å². The summed E-state index contributed by atoms with van der Waals surface area (Å²) in [5, 5.41) is 1.03. The number of ether oxygens (including phenoxy) is 1. The molecule has 0 spiro atoms. The van der Waals surface area contributed by atoms with Gasteiger partial charge < -0.3 is 20.3 Å². The number of nitrogen functional groups attached to an aromatic ring is 1. The Morgan fingerprint density at radius 3 is 2.49 bits per heavy atom. The quantitative estimate of drug-likeness (QED) is 0.393. The van der Waals surface area contributed by atoms with Crippen LogP contribution in [0.1, 0.15) is 24.0 Å². The highest BCUT2D eigenvalue weighted by Gasteiger charge is 2.27. The van der Waals surface area contributed by atoms with Crippen molar-refractivity contribution in [2.45, 2.75) is 19.3 Å². The molecule has 4 heterocycles. The molecule has 2 aliphatic rings. The van der Waals surface area contributed by atoms with Crippen LogP contribution in [0.3, 0.4) is 0 Å². The van der Waals surface area contributed by atoms with Crippen LogP contribution in [-0.4, -0.2) is 72.8 Å². The monoisotopic (exact) mass is 525 g/mol. The van der Waals surface area contributed by atoms with Crippen molar-refractivity contribution in [2.24, 2.45) is 5.92 Å². The predicted octanol–water partition coefficient (Wildman–Crippen LogP) is 3.06. The average molecular weight is 526 g/mol. The van der Waals surface area contributed by atoms with E-state index in [9.17, 15) is 0 Å². The van der Waals surface area contributed by atoms with Gasteiger partial charge in [-0.15, -0.1) is 0 Å². The van der Waals surface area contributed by atoms with Crippen molar-refractivity contribution >= 4 is 28.5 Å². The third kappa shape index (κ3) is 5.88. The molecule has 39 heavy (non-hydrogen) atoms. The van der Waals surface area contributed by atoms with Crippen molar-refractivity contribution in [2.75, 3.05) is 68.5 Å². The summed E-state index contributed by atoms with van der Waals surface area (Å²) in [6.45, 7) is 6.35. The van der Waals surface area contributed by atoms with E-state index < -0.39 is 0 Å². The Kier molecular flexibility index (Phi) is 7.40. The van der Waals surface area contributed by atoms with E-state index in [1.54, 1.807) is 6.33 Å². The minimum absolute atomic E-state index is 0.574. The Labute approximate surface area is 229 Å². The third-order valence-corrected chi connectivity index (χ3v) is 7.96. The SMILES string of the molecule is CN1CCC(COc2ccc3ncnc(N4CCN(c5nc(N)c(Cc6ccccc6)c[nH+]5)CC4)c3c2)CC1. The summed E-state index contributed by atoms with van der Waals surface area (Å²) in [7, 11) is 2.19. The summed E-state index contributed by atoms with van der Waals surface area (Å²) in [5.41, 5.74) is 9.51. The summed E-state index contributed by atoms with van der Waals surface area (Å²) in [4.78, 5) is 24.2. The van der Waals surface area contributed by atoms with E-state index in [0.717, 1.165) is 86.3 Å². The van der Waals surface area contributed by atoms with Crippen LogP contribution in [-0.2, 0) is 6.42 Å². The second kappa shape index (κ2) is 11.4. The molecule has 2 aliphatic heterocycles. The first-order valence-corrected chi connectivity index (χ1v) is 13.9. The fourth-order valence-corrected chi connectivity index (χ4v) is 5.50. The lowest BCUT2D eigenvalue weighted by molar-refractivity contribution is -0.368. The maximum atomic E-state index is 6.35. The van der Waals surface area contributed by atoms with Crippen LogP contribution in [0.15, 0.2) is 61.1 Å². The van der Waals surface area contributed by atoms with Crippen molar-refractivity contribution in [3.05, 3.63) is 72.2 Å². The maximum absolute atomic E-state index is 6.35. The van der Waals surface area contributed by atoms with E-state index in [2.05, 4.69) is 54.9 Å². The van der Waals surface area contributed by atoms with Gasteiger partial charge >= 0.3 is 5.95 Å². The molecule has 3 N–H and O–H groups in total. The third-order valence-electron chi connectivity index (χ3n) is 7.96. The summed E-state index contributed by atoms with van der Waals surface area (Å²) in [6.07, 6.45) is 6.79. The normalized spacial score (nSPS) is 17.1. The molecular weight excluding hydrogens is 488 g/mol. The fraction of sp³-hybridized carbons (Fsp3) is 0.400. The topological polar surface area (TPSA) is 97.8 Å². The zero-order valence-electron chi connectivity index (χ0n) is 22.6. The number of aromatic nitrogens is 4. The van der Waals surface area contributed by atoms with Crippen molar-refractivity contribution < 1.29 is 9.72 Å². The smallest absolute Gasteiger partial charge is 0.393 e. The number of hydrogen-bond acceptors (Lipinski definition) is 8. The Bertz CT molecular complexity index is 1400. The molecule has 6 rings (SSSR count). The molecule has 9 nitrogen and oxygen atoms in total. The number of hydrogen-bond donors (Lipinski definition) is 1. The lowest BCUT2D eigenvalue weighted by Crippen LogP contribution is -2.48. The Morgan fingerprint density at radius 1 is 0.949 bits per heavy atom. The second-order valence-electron chi connectivity index (χ2n) is 10.7. The number of nitrogens with zero attached hydrogens (tertiary/aromatic N) is 6. The molecular formula is C30H37N8O+. The number of piperidine rings is 1. The van der Waals surface area contributed by atoms with Crippen molar-refractivity contribution in [1.29, 1.82) is 0 Å².